The molecule has 118 valence electrons. The van der Waals surface area contributed by atoms with Gasteiger partial charge in [0.25, 0.3) is 0 Å². The Bertz CT molecular complexity index is 604. The number of para-hydroxylation sites is 1. The maximum Gasteiger partial charge on any atom is 0.191 e. The lowest BCUT2D eigenvalue weighted by Crippen LogP contribution is -2.37. The van der Waals surface area contributed by atoms with Gasteiger partial charge in [-0.3, -0.25) is 4.99 Å². The molecule has 0 unspecified atom stereocenters. The first-order valence-electron chi connectivity index (χ1n) is 7.39. The van der Waals surface area contributed by atoms with Crippen LogP contribution in [0.3, 0.4) is 0 Å². The number of aromatic nitrogens is 2. The molecule has 1 aromatic heterocycles. The lowest BCUT2D eigenvalue weighted by atomic mass is 10.3. The summed E-state index contributed by atoms with van der Waals surface area (Å²) in [5, 5.41) is 11.2. The van der Waals surface area contributed by atoms with Crippen LogP contribution in [0.4, 0.5) is 0 Å². The van der Waals surface area contributed by atoms with Crippen LogP contribution < -0.4 is 10.6 Å². The van der Waals surface area contributed by atoms with Crippen molar-refractivity contribution in [3.8, 4) is 5.69 Å². The van der Waals surface area contributed by atoms with Gasteiger partial charge in [0.2, 0.25) is 0 Å². The van der Waals surface area contributed by atoms with Gasteiger partial charge in [0, 0.05) is 19.8 Å². The molecular formula is C16H22IN5. The normalized spacial score (nSPS) is 14.3. The van der Waals surface area contributed by atoms with Gasteiger partial charge in [-0.25, -0.2) is 4.68 Å². The number of nitrogens with one attached hydrogen (secondary N) is 2. The van der Waals surface area contributed by atoms with E-state index in [4.69, 9.17) is 0 Å². The minimum Gasteiger partial charge on any atom is -0.356 e. The Labute approximate surface area is 148 Å². The highest BCUT2D eigenvalue weighted by atomic mass is 127. The molecule has 1 aromatic carbocycles. The predicted molar refractivity (Wildman–Crippen MR) is 99.9 cm³/mol. The van der Waals surface area contributed by atoms with E-state index in [1.54, 1.807) is 7.05 Å². The van der Waals surface area contributed by atoms with Crippen LogP contribution in [0.5, 0.6) is 0 Å². The van der Waals surface area contributed by atoms with Gasteiger partial charge in [-0.1, -0.05) is 18.2 Å². The van der Waals surface area contributed by atoms with Crippen LogP contribution in [0.25, 0.3) is 5.69 Å². The van der Waals surface area contributed by atoms with Gasteiger partial charge in [-0.05, 0) is 37.0 Å². The van der Waals surface area contributed by atoms with E-state index in [2.05, 4.69) is 20.7 Å². The Hall–Kier alpha value is -1.57. The van der Waals surface area contributed by atoms with Gasteiger partial charge in [0.05, 0.1) is 17.9 Å². The van der Waals surface area contributed by atoms with E-state index in [-0.39, 0.29) is 24.0 Å². The van der Waals surface area contributed by atoms with Gasteiger partial charge < -0.3 is 10.6 Å². The zero-order valence-electron chi connectivity index (χ0n) is 12.7. The Morgan fingerprint density at radius 2 is 2.00 bits per heavy atom. The van der Waals surface area contributed by atoms with E-state index in [1.807, 2.05) is 47.3 Å². The molecule has 0 radical (unpaired) electrons. The Morgan fingerprint density at radius 1 is 1.23 bits per heavy atom. The summed E-state index contributed by atoms with van der Waals surface area (Å²) in [6, 6.07) is 12.1. The molecule has 1 fully saturated rings. The van der Waals surface area contributed by atoms with E-state index in [9.17, 15) is 0 Å². The van der Waals surface area contributed by atoms with Gasteiger partial charge in [0.1, 0.15) is 0 Å². The zero-order chi connectivity index (χ0) is 14.5. The molecular weight excluding hydrogens is 389 g/mol. The number of guanidine groups is 1. The highest BCUT2D eigenvalue weighted by molar-refractivity contribution is 14.0. The number of hydrogen-bond donors (Lipinski definition) is 2. The molecule has 1 saturated carbocycles. The molecule has 0 spiro atoms. The second-order valence-corrected chi connectivity index (χ2v) is 5.34. The van der Waals surface area contributed by atoms with E-state index < -0.39 is 0 Å². The third-order valence-electron chi connectivity index (χ3n) is 3.58. The Morgan fingerprint density at radius 3 is 2.68 bits per heavy atom. The summed E-state index contributed by atoms with van der Waals surface area (Å²) in [6.45, 7) is 1.68. The van der Waals surface area contributed by atoms with Crippen LogP contribution in [0.1, 0.15) is 18.5 Å². The molecule has 0 saturated heterocycles. The third-order valence-corrected chi connectivity index (χ3v) is 3.58. The van der Waals surface area contributed by atoms with Crippen LogP contribution in [-0.4, -0.2) is 29.3 Å². The van der Waals surface area contributed by atoms with Gasteiger partial charge in [-0.2, -0.15) is 5.10 Å². The summed E-state index contributed by atoms with van der Waals surface area (Å²) in [7, 11) is 1.80. The van der Waals surface area contributed by atoms with Crippen LogP contribution in [0, 0.1) is 5.92 Å². The fourth-order valence-electron chi connectivity index (χ4n) is 2.14. The summed E-state index contributed by atoms with van der Waals surface area (Å²) in [6.07, 6.45) is 4.66. The molecule has 3 rings (SSSR count). The standard InChI is InChI=1S/C16H21N5.HI/c1-17-16(18-11-13-7-8-13)19-12-14-9-10-21(20-14)15-5-3-2-4-6-15;/h2-6,9-10,13H,7-8,11-12H2,1H3,(H2,17,18,19);1H. The van der Waals surface area contributed by atoms with Crippen molar-refractivity contribution in [1.29, 1.82) is 0 Å². The lowest BCUT2D eigenvalue weighted by Gasteiger charge is -2.10. The number of aliphatic imine (C=N–C) groups is 1. The third kappa shape index (κ3) is 4.72. The SMILES string of the molecule is CN=C(NCc1ccn(-c2ccccc2)n1)NCC1CC1.I. The number of hydrogen-bond acceptors (Lipinski definition) is 2. The van der Waals surface area contributed by atoms with Gasteiger partial charge >= 0.3 is 0 Å². The minimum atomic E-state index is 0. The van der Waals surface area contributed by atoms with Gasteiger partial charge in [0.15, 0.2) is 5.96 Å². The average Bonchev–Trinajstić information content (AvgIpc) is 3.24. The van der Waals surface area contributed by atoms with Crippen molar-refractivity contribution in [2.45, 2.75) is 19.4 Å². The summed E-state index contributed by atoms with van der Waals surface area (Å²) in [5.41, 5.74) is 2.06. The van der Waals surface area contributed by atoms with Crippen LogP contribution in [0.15, 0.2) is 47.6 Å². The van der Waals surface area contributed by atoms with Crippen molar-refractivity contribution >= 4 is 29.9 Å². The molecule has 0 atom stereocenters. The first kappa shape index (κ1) is 16.8. The monoisotopic (exact) mass is 411 g/mol. The number of rotatable bonds is 5. The Balaban J connectivity index is 0.00000176. The fraction of sp³-hybridized carbons (Fsp3) is 0.375. The summed E-state index contributed by atoms with van der Waals surface area (Å²) in [5.74, 6) is 1.68. The number of halogens is 1. The smallest absolute Gasteiger partial charge is 0.191 e. The molecule has 6 heteroatoms. The number of nitrogens with zero attached hydrogens (tertiary/aromatic N) is 3. The average molecular weight is 411 g/mol. The predicted octanol–water partition coefficient (Wildman–Crippen LogP) is 2.57. The quantitative estimate of drug-likeness (QED) is 0.452. The van der Waals surface area contributed by atoms with Crippen molar-refractivity contribution in [3.05, 3.63) is 48.3 Å². The molecule has 2 N–H and O–H groups in total. The van der Waals surface area contributed by atoms with Crippen molar-refractivity contribution in [2.24, 2.45) is 10.9 Å². The molecule has 1 aliphatic rings. The molecule has 1 heterocycles. The lowest BCUT2D eigenvalue weighted by molar-refractivity contribution is 0.727. The van der Waals surface area contributed by atoms with E-state index >= 15 is 0 Å². The summed E-state index contributed by atoms with van der Waals surface area (Å²) >= 11 is 0. The fourth-order valence-corrected chi connectivity index (χ4v) is 2.14. The van der Waals surface area contributed by atoms with Crippen molar-refractivity contribution in [2.75, 3.05) is 13.6 Å². The summed E-state index contributed by atoms with van der Waals surface area (Å²) < 4.78 is 1.89. The highest BCUT2D eigenvalue weighted by Crippen LogP contribution is 2.27. The van der Waals surface area contributed by atoms with Gasteiger partial charge in [-0.15, -0.1) is 24.0 Å². The van der Waals surface area contributed by atoms with Crippen LogP contribution in [0.2, 0.25) is 0 Å². The largest absolute Gasteiger partial charge is 0.356 e. The highest BCUT2D eigenvalue weighted by Gasteiger charge is 2.21. The van der Waals surface area contributed by atoms with E-state index in [0.717, 1.165) is 29.8 Å². The van der Waals surface area contributed by atoms with Crippen LogP contribution in [-0.2, 0) is 6.54 Å². The summed E-state index contributed by atoms with van der Waals surface area (Å²) in [4.78, 5) is 4.23. The molecule has 5 nitrogen and oxygen atoms in total. The van der Waals surface area contributed by atoms with Crippen LogP contribution >= 0.6 is 24.0 Å². The van der Waals surface area contributed by atoms with E-state index in [0.29, 0.717) is 6.54 Å². The second-order valence-electron chi connectivity index (χ2n) is 5.34. The molecule has 2 aromatic rings. The Kier molecular flexibility index (Phi) is 6.23. The van der Waals surface area contributed by atoms with Crippen molar-refractivity contribution < 1.29 is 0 Å². The molecule has 0 bridgehead atoms. The molecule has 22 heavy (non-hydrogen) atoms. The first-order valence-corrected chi connectivity index (χ1v) is 7.39. The maximum atomic E-state index is 4.57. The number of benzene rings is 1. The van der Waals surface area contributed by atoms with Crippen molar-refractivity contribution in [1.82, 2.24) is 20.4 Å². The first-order chi connectivity index (χ1) is 10.3. The zero-order valence-corrected chi connectivity index (χ0v) is 15.0. The molecule has 0 amide bonds. The van der Waals surface area contributed by atoms with E-state index in [1.165, 1.54) is 12.8 Å². The molecule has 0 aliphatic heterocycles. The topological polar surface area (TPSA) is 54.2 Å². The minimum absolute atomic E-state index is 0. The molecule has 1 aliphatic carbocycles. The second kappa shape index (κ2) is 8.17. The maximum absolute atomic E-state index is 4.57. The van der Waals surface area contributed by atoms with Crippen molar-refractivity contribution in [3.63, 3.8) is 0 Å².